The Morgan fingerprint density at radius 2 is 2.12 bits per heavy atom. The van der Waals surface area contributed by atoms with Crippen LogP contribution in [0.2, 0.25) is 0 Å². The van der Waals surface area contributed by atoms with Crippen molar-refractivity contribution in [3.8, 4) is 0 Å². The summed E-state index contributed by atoms with van der Waals surface area (Å²) >= 11 is 0. The first-order valence-corrected chi connectivity index (χ1v) is 5.43. The zero-order valence-corrected chi connectivity index (χ0v) is 9.06. The number of alkyl halides is 3. The van der Waals surface area contributed by atoms with E-state index >= 15 is 0 Å². The van der Waals surface area contributed by atoms with Crippen molar-refractivity contribution >= 4 is 0 Å². The van der Waals surface area contributed by atoms with Crippen molar-refractivity contribution < 1.29 is 13.2 Å². The molecule has 1 aliphatic heterocycles. The van der Waals surface area contributed by atoms with Crippen LogP contribution in [0.5, 0.6) is 0 Å². The Morgan fingerprint density at radius 1 is 1.38 bits per heavy atom. The van der Waals surface area contributed by atoms with Crippen LogP contribution in [0.3, 0.4) is 0 Å². The lowest BCUT2D eigenvalue weighted by Crippen LogP contribution is -2.30. The zero-order chi connectivity index (χ0) is 11.8. The number of hydrogen-bond donors (Lipinski definition) is 1. The molecule has 1 atom stereocenters. The van der Waals surface area contributed by atoms with Crippen LogP contribution in [0, 0.1) is 0 Å². The Labute approximate surface area is 92.7 Å². The van der Waals surface area contributed by atoms with Gasteiger partial charge in [0.15, 0.2) is 0 Å². The monoisotopic (exact) mass is 229 g/mol. The van der Waals surface area contributed by atoms with Crippen LogP contribution in [0.15, 0.2) is 18.2 Å². The maximum atomic E-state index is 12.9. The highest BCUT2D eigenvalue weighted by atomic mass is 19.4. The van der Waals surface area contributed by atoms with Gasteiger partial charge in [0, 0.05) is 13.1 Å². The van der Waals surface area contributed by atoms with E-state index < -0.39 is 11.7 Å². The molecule has 0 fully saturated rings. The minimum Gasteiger partial charge on any atom is -0.312 e. The molecule has 1 aliphatic rings. The Balaban J connectivity index is 2.55. The van der Waals surface area contributed by atoms with E-state index in [2.05, 4.69) is 5.32 Å². The number of benzene rings is 1. The lowest BCUT2D eigenvalue weighted by Gasteiger charge is -2.28. The van der Waals surface area contributed by atoms with Gasteiger partial charge in [-0.15, -0.1) is 0 Å². The highest BCUT2D eigenvalue weighted by molar-refractivity contribution is 5.41. The van der Waals surface area contributed by atoms with Gasteiger partial charge in [0.2, 0.25) is 0 Å². The van der Waals surface area contributed by atoms with E-state index in [1.54, 1.807) is 6.07 Å². The molecule has 1 heterocycles. The normalized spacial score (nSPS) is 20.6. The summed E-state index contributed by atoms with van der Waals surface area (Å²) in [7, 11) is 0. The van der Waals surface area contributed by atoms with E-state index in [4.69, 9.17) is 0 Å². The standard InChI is InChI=1S/C12H14F3N/c1-2-8-6-16-7-9-4-3-5-10(11(8)9)12(13,14)15/h3-5,8,16H,2,6-7H2,1H3. The molecule has 2 rings (SSSR count). The summed E-state index contributed by atoms with van der Waals surface area (Å²) in [6, 6.07) is 4.45. The van der Waals surface area contributed by atoms with Crippen molar-refractivity contribution in [2.24, 2.45) is 0 Å². The molecule has 0 saturated carbocycles. The van der Waals surface area contributed by atoms with Gasteiger partial charge in [0.05, 0.1) is 5.56 Å². The van der Waals surface area contributed by atoms with Gasteiger partial charge in [-0.3, -0.25) is 0 Å². The van der Waals surface area contributed by atoms with Crippen LogP contribution in [0.25, 0.3) is 0 Å². The molecule has 0 radical (unpaired) electrons. The Kier molecular flexibility index (Phi) is 2.93. The summed E-state index contributed by atoms with van der Waals surface area (Å²) < 4.78 is 38.6. The van der Waals surface area contributed by atoms with Gasteiger partial charge < -0.3 is 5.32 Å². The van der Waals surface area contributed by atoms with Crippen LogP contribution in [0.4, 0.5) is 13.2 Å². The summed E-state index contributed by atoms with van der Waals surface area (Å²) in [5.41, 5.74) is 0.822. The van der Waals surface area contributed by atoms with Crippen molar-refractivity contribution in [1.29, 1.82) is 0 Å². The number of fused-ring (bicyclic) bond motifs is 1. The zero-order valence-electron chi connectivity index (χ0n) is 9.06. The molecule has 1 aromatic carbocycles. The third kappa shape index (κ3) is 1.94. The second-order valence-corrected chi connectivity index (χ2v) is 4.11. The fraction of sp³-hybridized carbons (Fsp3) is 0.500. The Morgan fingerprint density at radius 3 is 2.75 bits per heavy atom. The van der Waals surface area contributed by atoms with Gasteiger partial charge in [0.25, 0.3) is 0 Å². The summed E-state index contributed by atoms with van der Waals surface area (Å²) in [4.78, 5) is 0. The van der Waals surface area contributed by atoms with Crippen LogP contribution in [-0.2, 0) is 12.7 Å². The summed E-state index contributed by atoms with van der Waals surface area (Å²) in [6.45, 7) is 3.10. The molecule has 1 unspecified atom stereocenters. The minimum atomic E-state index is -4.24. The molecule has 0 saturated heterocycles. The smallest absolute Gasteiger partial charge is 0.312 e. The fourth-order valence-corrected chi connectivity index (χ4v) is 2.33. The first-order chi connectivity index (χ1) is 7.54. The average molecular weight is 229 g/mol. The highest BCUT2D eigenvalue weighted by Crippen LogP contribution is 2.39. The second-order valence-electron chi connectivity index (χ2n) is 4.11. The molecule has 1 aromatic rings. The van der Waals surface area contributed by atoms with E-state index in [1.807, 2.05) is 6.92 Å². The fourth-order valence-electron chi connectivity index (χ4n) is 2.33. The van der Waals surface area contributed by atoms with Gasteiger partial charge in [-0.05, 0) is 29.5 Å². The van der Waals surface area contributed by atoms with E-state index in [-0.39, 0.29) is 5.92 Å². The predicted octanol–water partition coefficient (Wildman–Crippen LogP) is 3.30. The second kappa shape index (κ2) is 4.09. The van der Waals surface area contributed by atoms with Crippen LogP contribution < -0.4 is 5.32 Å². The molecular weight excluding hydrogens is 215 g/mol. The van der Waals surface area contributed by atoms with Crippen molar-refractivity contribution in [2.75, 3.05) is 6.54 Å². The van der Waals surface area contributed by atoms with Crippen LogP contribution in [0.1, 0.15) is 36.0 Å². The number of nitrogens with one attached hydrogen (secondary N) is 1. The molecule has 88 valence electrons. The summed E-state index contributed by atoms with van der Waals surface area (Å²) in [5.74, 6) is -0.0263. The van der Waals surface area contributed by atoms with Gasteiger partial charge >= 0.3 is 6.18 Å². The Hall–Kier alpha value is -1.03. The molecule has 0 spiro atoms. The third-order valence-electron chi connectivity index (χ3n) is 3.11. The van der Waals surface area contributed by atoms with Gasteiger partial charge in [-0.25, -0.2) is 0 Å². The molecular formula is C12H14F3N. The van der Waals surface area contributed by atoms with Gasteiger partial charge in [-0.1, -0.05) is 19.1 Å². The summed E-state index contributed by atoms with van der Waals surface area (Å²) in [5, 5.41) is 3.15. The molecule has 0 amide bonds. The number of halogens is 3. The molecule has 0 aliphatic carbocycles. The van der Waals surface area contributed by atoms with Gasteiger partial charge in [-0.2, -0.15) is 13.2 Å². The van der Waals surface area contributed by atoms with Crippen molar-refractivity contribution in [3.63, 3.8) is 0 Å². The first-order valence-electron chi connectivity index (χ1n) is 5.43. The third-order valence-corrected chi connectivity index (χ3v) is 3.11. The molecule has 0 bridgehead atoms. The van der Waals surface area contributed by atoms with E-state index in [9.17, 15) is 13.2 Å². The van der Waals surface area contributed by atoms with E-state index in [1.165, 1.54) is 12.1 Å². The minimum absolute atomic E-state index is 0.0263. The molecule has 0 aromatic heterocycles. The van der Waals surface area contributed by atoms with Gasteiger partial charge in [0.1, 0.15) is 0 Å². The van der Waals surface area contributed by atoms with Crippen molar-refractivity contribution in [2.45, 2.75) is 32.0 Å². The maximum Gasteiger partial charge on any atom is 0.416 e. The van der Waals surface area contributed by atoms with E-state index in [0.29, 0.717) is 18.7 Å². The Bertz CT molecular complexity index is 384. The molecule has 1 N–H and O–H groups in total. The molecule has 16 heavy (non-hydrogen) atoms. The first kappa shape index (κ1) is 11.5. The van der Waals surface area contributed by atoms with E-state index in [0.717, 1.165) is 12.0 Å². The van der Waals surface area contributed by atoms with Crippen molar-refractivity contribution in [3.05, 3.63) is 34.9 Å². The quantitative estimate of drug-likeness (QED) is 0.779. The predicted molar refractivity (Wildman–Crippen MR) is 56.2 cm³/mol. The molecule has 4 heteroatoms. The largest absolute Gasteiger partial charge is 0.416 e. The van der Waals surface area contributed by atoms with Crippen LogP contribution in [-0.4, -0.2) is 6.54 Å². The van der Waals surface area contributed by atoms with Crippen molar-refractivity contribution in [1.82, 2.24) is 5.32 Å². The lowest BCUT2D eigenvalue weighted by molar-refractivity contribution is -0.138. The number of rotatable bonds is 1. The topological polar surface area (TPSA) is 12.0 Å². The summed E-state index contributed by atoms with van der Waals surface area (Å²) in [6.07, 6.45) is -3.51. The maximum absolute atomic E-state index is 12.9. The number of hydrogen-bond acceptors (Lipinski definition) is 1. The lowest BCUT2D eigenvalue weighted by atomic mass is 9.85. The SMILES string of the molecule is CCC1CNCc2cccc(C(F)(F)F)c21. The highest BCUT2D eigenvalue weighted by Gasteiger charge is 2.36. The molecule has 1 nitrogen and oxygen atoms in total. The average Bonchev–Trinajstić information content (AvgIpc) is 2.26. The van der Waals surface area contributed by atoms with Crippen LogP contribution >= 0.6 is 0 Å².